The fourth-order valence-electron chi connectivity index (χ4n) is 3.30. The number of amidine groups is 1. The second kappa shape index (κ2) is 11.5. The van der Waals surface area contributed by atoms with Crippen molar-refractivity contribution < 1.29 is 19.1 Å². The Balaban J connectivity index is 1.06. The van der Waals surface area contributed by atoms with Gasteiger partial charge in [0.2, 0.25) is 5.13 Å². The van der Waals surface area contributed by atoms with Gasteiger partial charge in [0.15, 0.2) is 5.17 Å². The lowest BCUT2D eigenvalue weighted by molar-refractivity contribution is -0.128. The minimum Gasteiger partial charge on any atom is -0.368 e. The number of hydrazone groups is 1. The summed E-state index contributed by atoms with van der Waals surface area (Å²) in [5.41, 5.74) is 3.07. The van der Waals surface area contributed by atoms with Crippen LogP contribution in [0.5, 0.6) is 0 Å². The molecule has 4 heterocycles. The molecule has 4 rings (SSSR count). The van der Waals surface area contributed by atoms with Gasteiger partial charge < -0.3 is 14.8 Å². The minimum absolute atomic E-state index is 0.107. The molecule has 13 heteroatoms. The van der Waals surface area contributed by atoms with Gasteiger partial charge in [-0.05, 0) is 43.6 Å². The second-order valence-electron chi connectivity index (χ2n) is 7.29. The summed E-state index contributed by atoms with van der Waals surface area (Å²) in [6.45, 7) is 1.29. The van der Waals surface area contributed by atoms with Crippen molar-refractivity contribution in [2.45, 2.75) is 56.1 Å². The minimum atomic E-state index is -0.362. The quantitative estimate of drug-likeness (QED) is 0.446. The van der Waals surface area contributed by atoms with Crippen LogP contribution < -0.4 is 16.1 Å². The number of amides is 2. The van der Waals surface area contributed by atoms with Crippen LogP contribution in [0.4, 0.5) is 5.13 Å². The maximum absolute atomic E-state index is 12.1. The molecule has 2 fully saturated rings. The number of hydrogen-bond donors (Lipinski definition) is 3. The van der Waals surface area contributed by atoms with E-state index in [0.29, 0.717) is 23.5 Å². The van der Waals surface area contributed by atoms with Crippen LogP contribution >= 0.6 is 34.9 Å². The van der Waals surface area contributed by atoms with Crippen LogP contribution in [0.3, 0.4) is 0 Å². The first-order valence-corrected chi connectivity index (χ1v) is 13.3. The van der Waals surface area contributed by atoms with Crippen molar-refractivity contribution in [1.29, 1.82) is 0 Å². The normalized spacial score (nSPS) is 25.3. The zero-order valence-electron chi connectivity index (χ0n) is 17.0. The number of carbonyl (C=O) groups excluding carboxylic acids is 2. The van der Waals surface area contributed by atoms with Gasteiger partial charge in [0.1, 0.15) is 17.2 Å². The Kier molecular flexibility index (Phi) is 8.41. The first-order chi connectivity index (χ1) is 15.2. The van der Waals surface area contributed by atoms with Gasteiger partial charge >= 0.3 is 0 Å². The van der Waals surface area contributed by atoms with Crippen molar-refractivity contribution in [3.8, 4) is 0 Å². The second-order valence-corrected chi connectivity index (χ2v) is 10.8. The highest BCUT2D eigenvalue weighted by Crippen LogP contribution is 2.23. The number of hydrogen-bond acceptors (Lipinski definition) is 11. The van der Waals surface area contributed by atoms with Crippen LogP contribution in [0.25, 0.3) is 0 Å². The maximum atomic E-state index is 12.1. The van der Waals surface area contributed by atoms with E-state index in [1.807, 2.05) is 11.8 Å². The molecule has 1 aromatic rings. The molecule has 2 saturated heterocycles. The lowest BCUT2D eigenvalue weighted by Gasteiger charge is -2.10. The number of rotatable bonds is 9. The standard InChI is InChI=1S/C18H26N6O4S3/c25-15(11-3-1-7-27-11)19-17-23-21-13(30-17)5-9-29-10-6-14-22-24-18(31-14)20-16(26)12-4-2-8-28-12/h11-13,21H,1-10H2,(H,19,23,25)(H,20,24,26). The Hall–Kier alpha value is -1.41. The molecular weight excluding hydrogens is 460 g/mol. The van der Waals surface area contributed by atoms with Gasteiger partial charge in [-0.25, -0.2) is 0 Å². The van der Waals surface area contributed by atoms with Crippen LogP contribution in [0.15, 0.2) is 5.10 Å². The van der Waals surface area contributed by atoms with E-state index in [9.17, 15) is 9.59 Å². The Labute approximate surface area is 193 Å². The van der Waals surface area contributed by atoms with Gasteiger partial charge in [-0.3, -0.25) is 20.3 Å². The van der Waals surface area contributed by atoms with Gasteiger partial charge in [0.25, 0.3) is 11.8 Å². The average Bonchev–Trinajstić information content (AvgIpc) is 3.55. The first kappa shape index (κ1) is 22.8. The van der Waals surface area contributed by atoms with Gasteiger partial charge in [0, 0.05) is 19.6 Å². The number of ether oxygens (including phenoxy) is 2. The van der Waals surface area contributed by atoms with Gasteiger partial charge in [-0.1, -0.05) is 23.1 Å². The third kappa shape index (κ3) is 6.78. The number of thioether (sulfide) groups is 2. The summed E-state index contributed by atoms with van der Waals surface area (Å²) < 4.78 is 10.8. The van der Waals surface area contributed by atoms with Crippen LogP contribution in [0, 0.1) is 0 Å². The molecule has 0 saturated carbocycles. The zero-order chi connectivity index (χ0) is 21.5. The lowest BCUT2D eigenvalue weighted by Crippen LogP contribution is -2.36. The van der Waals surface area contributed by atoms with E-state index in [2.05, 4.69) is 31.4 Å². The Morgan fingerprint density at radius 3 is 2.52 bits per heavy atom. The maximum Gasteiger partial charge on any atom is 0.255 e. The van der Waals surface area contributed by atoms with Gasteiger partial charge in [0.05, 0.1) is 5.37 Å². The van der Waals surface area contributed by atoms with E-state index >= 15 is 0 Å². The van der Waals surface area contributed by atoms with E-state index in [1.165, 1.54) is 23.1 Å². The molecule has 170 valence electrons. The smallest absolute Gasteiger partial charge is 0.255 e. The number of anilines is 1. The molecule has 0 radical (unpaired) electrons. The predicted molar refractivity (Wildman–Crippen MR) is 122 cm³/mol. The Morgan fingerprint density at radius 1 is 1.06 bits per heavy atom. The predicted octanol–water partition coefficient (Wildman–Crippen LogP) is 1.55. The highest BCUT2D eigenvalue weighted by molar-refractivity contribution is 8.14. The molecule has 3 atom stereocenters. The summed E-state index contributed by atoms with van der Waals surface area (Å²) in [6.07, 6.45) is 4.41. The monoisotopic (exact) mass is 486 g/mol. The summed E-state index contributed by atoms with van der Waals surface area (Å²) in [5, 5.41) is 20.2. The molecule has 3 aliphatic heterocycles. The van der Waals surface area contributed by atoms with Crippen LogP contribution in [0.1, 0.15) is 37.1 Å². The van der Waals surface area contributed by atoms with Crippen LogP contribution in [-0.4, -0.2) is 69.5 Å². The van der Waals surface area contributed by atoms with Crippen LogP contribution in [-0.2, 0) is 25.5 Å². The van der Waals surface area contributed by atoms with E-state index in [0.717, 1.165) is 55.0 Å². The molecule has 0 spiro atoms. The summed E-state index contributed by atoms with van der Waals surface area (Å²) in [6, 6.07) is 0. The SMILES string of the molecule is O=C(NC1=NNC(CCSCCc2nnc(NC(=O)C3CCCO3)s2)S1)C1CCCO1. The van der Waals surface area contributed by atoms with E-state index in [1.54, 1.807) is 0 Å². The van der Waals surface area contributed by atoms with Crippen LogP contribution in [0.2, 0.25) is 0 Å². The highest BCUT2D eigenvalue weighted by atomic mass is 32.2. The average molecular weight is 487 g/mol. The Bertz CT molecular complexity index is 795. The van der Waals surface area contributed by atoms with Crippen molar-refractivity contribution in [3.63, 3.8) is 0 Å². The molecule has 0 aromatic carbocycles. The first-order valence-electron chi connectivity index (χ1n) is 10.4. The molecule has 10 nitrogen and oxygen atoms in total. The zero-order valence-corrected chi connectivity index (χ0v) is 19.5. The molecule has 0 aliphatic carbocycles. The third-order valence-electron chi connectivity index (χ3n) is 4.92. The number of nitrogens with zero attached hydrogens (tertiary/aromatic N) is 3. The van der Waals surface area contributed by atoms with E-state index < -0.39 is 0 Å². The fourth-order valence-corrected chi connectivity index (χ4v) is 6.14. The van der Waals surface area contributed by atoms with Crippen molar-refractivity contribution in [1.82, 2.24) is 20.9 Å². The van der Waals surface area contributed by atoms with Crippen molar-refractivity contribution >= 4 is 57.0 Å². The van der Waals surface area contributed by atoms with E-state index in [4.69, 9.17) is 9.47 Å². The molecule has 2 amide bonds. The Morgan fingerprint density at radius 2 is 1.81 bits per heavy atom. The number of nitrogens with one attached hydrogen (secondary N) is 3. The largest absolute Gasteiger partial charge is 0.368 e. The molecule has 3 N–H and O–H groups in total. The highest BCUT2D eigenvalue weighted by Gasteiger charge is 2.27. The summed E-state index contributed by atoms with van der Waals surface area (Å²) in [7, 11) is 0. The lowest BCUT2D eigenvalue weighted by atomic mass is 10.2. The topological polar surface area (TPSA) is 127 Å². The molecule has 3 aliphatic rings. The van der Waals surface area contributed by atoms with E-state index in [-0.39, 0.29) is 29.4 Å². The molecular formula is C18H26N6O4S3. The van der Waals surface area contributed by atoms with Crippen molar-refractivity contribution in [2.24, 2.45) is 5.10 Å². The molecule has 0 bridgehead atoms. The molecule has 1 aromatic heterocycles. The summed E-state index contributed by atoms with van der Waals surface area (Å²) in [4.78, 5) is 24.1. The molecule has 3 unspecified atom stereocenters. The third-order valence-corrected chi connectivity index (χ3v) is 7.88. The number of carbonyl (C=O) groups is 2. The van der Waals surface area contributed by atoms with Gasteiger partial charge in [-0.2, -0.15) is 16.9 Å². The van der Waals surface area contributed by atoms with Crippen molar-refractivity contribution in [2.75, 3.05) is 30.0 Å². The van der Waals surface area contributed by atoms with Gasteiger partial charge in [-0.15, -0.1) is 10.2 Å². The fraction of sp³-hybridized carbons (Fsp3) is 0.722. The number of aromatic nitrogens is 2. The summed E-state index contributed by atoms with van der Waals surface area (Å²) in [5.74, 6) is 1.65. The number of aryl methyl sites for hydroxylation is 1. The summed E-state index contributed by atoms with van der Waals surface area (Å²) >= 11 is 4.78. The van der Waals surface area contributed by atoms with Crippen molar-refractivity contribution in [3.05, 3.63) is 5.01 Å². The molecule has 31 heavy (non-hydrogen) atoms.